The van der Waals surface area contributed by atoms with E-state index in [-0.39, 0.29) is 5.91 Å². The molecule has 2 N–H and O–H groups in total. The van der Waals surface area contributed by atoms with E-state index in [2.05, 4.69) is 11.9 Å². The van der Waals surface area contributed by atoms with E-state index in [9.17, 15) is 4.79 Å². The molecule has 1 aromatic carbocycles. The molecule has 1 aliphatic rings. The SMILES string of the molecule is CN1CCC(N(C)C(=O)c2ccc(N)c(Cl)c2)CC1. The topological polar surface area (TPSA) is 49.6 Å². The molecule has 1 aromatic rings. The zero-order valence-corrected chi connectivity index (χ0v) is 12.2. The van der Waals surface area contributed by atoms with Crippen molar-refractivity contribution in [3.63, 3.8) is 0 Å². The largest absolute Gasteiger partial charge is 0.398 e. The number of anilines is 1. The molecule has 1 aliphatic heterocycles. The molecular formula is C14H20ClN3O. The number of nitrogens with two attached hydrogens (primary N) is 1. The number of likely N-dealkylation sites (tertiary alicyclic amines) is 1. The summed E-state index contributed by atoms with van der Waals surface area (Å²) >= 11 is 5.97. The molecule has 2 rings (SSSR count). The van der Waals surface area contributed by atoms with E-state index in [0.29, 0.717) is 22.3 Å². The minimum Gasteiger partial charge on any atom is -0.398 e. The monoisotopic (exact) mass is 281 g/mol. The number of carbonyl (C=O) groups is 1. The van der Waals surface area contributed by atoms with Gasteiger partial charge in [0.2, 0.25) is 0 Å². The van der Waals surface area contributed by atoms with Gasteiger partial charge in [0.25, 0.3) is 5.91 Å². The van der Waals surface area contributed by atoms with Gasteiger partial charge in [0.15, 0.2) is 0 Å². The zero-order valence-electron chi connectivity index (χ0n) is 11.4. The van der Waals surface area contributed by atoms with Gasteiger partial charge in [-0.05, 0) is 51.2 Å². The smallest absolute Gasteiger partial charge is 0.253 e. The molecule has 19 heavy (non-hydrogen) atoms. The Hall–Kier alpha value is -1.26. The van der Waals surface area contributed by atoms with E-state index in [0.717, 1.165) is 25.9 Å². The zero-order chi connectivity index (χ0) is 14.0. The first-order valence-corrected chi connectivity index (χ1v) is 6.87. The van der Waals surface area contributed by atoms with Crippen molar-refractivity contribution < 1.29 is 4.79 Å². The Labute approximate surface area is 119 Å². The Morgan fingerprint density at radius 3 is 2.63 bits per heavy atom. The molecule has 5 heteroatoms. The molecule has 0 saturated carbocycles. The third kappa shape index (κ3) is 3.19. The number of nitrogen functional groups attached to an aromatic ring is 1. The predicted molar refractivity (Wildman–Crippen MR) is 78.5 cm³/mol. The number of hydrogen-bond acceptors (Lipinski definition) is 3. The van der Waals surface area contributed by atoms with Crippen molar-refractivity contribution in [2.75, 3.05) is 32.9 Å². The number of halogens is 1. The molecule has 1 fully saturated rings. The second-order valence-corrected chi connectivity index (χ2v) is 5.59. The van der Waals surface area contributed by atoms with Crippen LogP contribution in [-0.2, 0) is 0 Å². The first-order chi connectivity index (χ1) is 8.99. The van der Waals surface area contributed by atoms with Crippen LogP contribution in [0.5, 0.6) is 0 Å². The normalized spacial score (nSPS) is 17.4. The molecule has 0 unspecified atom stereocenters. The van der Waals surface area contributed by atoms with Gasteiger partial charge in [0.05, 0.1) is 10.7 Å². The summed E-state index contributed by atoms with van der Waals surface area (Å²) in [6.07, 6.45) is 2.03. The highest BCUT2D eigenvalue weighted by molar-refractivity contribution is 6.33. The molecule has 0 aromatic heterocycles. The number of amides is 1. The number of rotatable bonds is 2. The molecule has 0 bridgehead atoms. The van der Waals surface area contributed by atoms with E-state index in [4.69, 9.17) is 17.3 Å². The Bertz CT molecular complexity index is 470. The number of nitrogens with zero attached hydrogens (tertiary/aromatic N) is 2. The first kappa shape index (κ1) is 14.2. The van der Waals surface area contributed by atoms with Crippen LogP contribution in [0.25, 0.3) is 0 Å². The Balaban J connectivity index is 2.08. The number of benzene rings is 1. The van der Waals surface area contributed by atoms with Crippen LogP contribution >= 0.6 is 11.6 Å². The summed E-state index contributed by atoms with van der Waals surface area (Å²) in [7, 11) is 3.97. The maximum absolute atomic E-state index is 12.4. The quantitative estimate of drug-likeness (QED) is 0.845. The Morgan fingerprint density at radius 1 is 1.42 bits per heavy atom. The van der Waals surface area contributed by atoms with Crippen molar-refractivity contribution >= 4 is 23.2 Å². The minimum atomic E-state index is 0.0106. The molecule has 0 aliphatic carbocycles. The van der Waals surface area contributed by atoms with Gasteiger partial charge in [-0.1, -0.05) is 11.6 Å². The van der Waals surface area contributed by atoms with E-state index >= 15 is 0 Å². The van der Waals surface area contributed by atoms with E-state index in [1.165, 1.54) is 0 Å². The molecular weight excluding hydrogens is 262 g/mol. The van der Waals surface area contributed by atoms with Crippen LogP contribution in [0.3, 0.4) is 0 Å². The second-order valence-electron chi connectivity index (χ2n) is 5.19. The Morgan fingerprint density at radius 2 is 2.05 bits per heavy atom. The summed E-state index contributed by atoms with van der Waals surface area (Å²) in [5.74, 6) is 0.0106. The van der Waals surface area contributed by atoms with E-state index in [1.807, 2.05) is 11.9 Å². The van der Waals surface area contributed by atoms with Crippen LogP contribution in [0.15, 0.2) is 18.2 Å². The highest BCUT2D eigenvalue weighted by Gasteiger charge is 2.24. The highest BCUT2D eigenvalue weighted by atomic mass is 35.5. The van der Waals surface area contributed by atoms with Crippen LogP contribution in [-0.4, -0.2) is 48.9 Å². The van der Waals surface area contributed by atoms with Crippen LogP contribution in [0.1, 0.15) is 23.2 Å². The molecule has 104 valence electrons. The maximum atomic E-state index is 12.4. The summed E-state index contributed by atoms with van der Waals surface area (Å²) < 4.78 is 0. The lowest BCUT2D eigenvalue weighted by Gasteiger charge is -2.35. The van der Waals surface area contributed by atoms with Gasteiger partial charge >= 0.3 is 0 Å². The lowest BCUT2D eigenvalue weighted by Crippen LogP contribution is -2.44. The number of hydrogen-bond donors (Lipinski definition) is 1. The van der Waals surface area contributed by atoms with Crippen LogP contribution in [0.4, 0.5) is 5.69 Å². The van der Waals surface area contributed by atoms with Gasteiger partial charge < -0.3 is 15.5 Å². The van der Waals surface area contributed by atoms with Gasteiger partial charge in [-0.3, -0.25) is 4.79 Å². The summed E-state index contributed by atoms with van der Waals surface area (Å²) in [6.45, 7) is 2.07. The predicted octanol–water partition coefficient (Wildman–Crippen LogP) is 2.09. The van der Waals surface area contributed by atoms with Gasteiger partial charge in [-0.15, -0.1) is 0 Å². The lowest BCUT2D eigenvalue weighted by molar-refractivity contribution is 0.0659. The van der Waals surface area contributed by atoms with Crippen LogP contribution < -0.4 is 5.73 Å². The van der Waals surface area contributed by atoms with Gasteiger partial charge in [0, 0.05) is 18.7 Å². The lowest BCUT2D eigenvalue weighted by atomic mass is 10.0. The van der Waals surface area contributed by atoms with Gasteiger partial charge in [-0.2, -0.15) is 0 Å². The van der Waals surface area contributed by atoms with Crippen LogP contribution in [0.2, 0.25) is 5.02 Å². The van der Waals surface area contributed by atoms with Crippen molar-refractivity contribution in [3.05, 3.63) is 28.8 Å². The van der Waals surface area contributed by atoms with Crippen molar-refractivity contribution in [2.45, 2.75) is 18.9 Å². The average molecular weight is 282 g/mol. The molecule has 1 heterocycles. The number of piperidine rings is 1. The van der Waals surface area contributed by atoms with Gasteiger partial charge in [0.1, 0.15) is 0 Å². The van der Waals surface area contributed by atoms with Crippen molar-refractivity contribution in [1.82, 2.24) is 9.80 Å². The molecule has 0 radical (unpaired) electrons. The van der Waals surface area contributed by atoms with E-state index < -0.39 is 0 Å². The molecule has 1 saturated heterocycles. The summed E-state index contributed by atoms with van der Waals surface area (Å²) in [6, 6.07) is 5.36. The molecule has 4 nitrogen and oxygen atoms in total. The average Bonchev–Trinajstić information content (AvgIpc) is 2.41. The summed E-state index contributed by atoms with van der Waals surface area (Å²) in [5, 5.41) is 0.433. The third-order valence-electron chi connectivity index (χ3n) is 3.80. The maximum Gasteiger partial charge on any atom is 0.253 e. The fraction of sp³-hybridized carbons (Fsp3) is 0.500. The standard InChI is InChI=1S/C14H20ClN3O/c1-17-7-5-11(6-8-17)18(2)14(19)10-3-4-13(16)12(15)9-10/h3-4,9,11H,5-8,16H2,1-2H3. The fourth-order valence-corrected chi connectivity index (χ4v) is 2.59. The minimum absolute atomic E-state index is 0.0106. The van der Waals surface area contributed by atoms with E-state index in [1.54, 1.807) is 18.2 Å². The summed E-state index contributed by atoms with van der Waals surface area (Å²) in [5.41, 5.74) is 6.76. The van der Waals surface area contributed by atoms with Crippen molar-refractivity contribution in [2.24, 2.45) is 0 Å². The fourth-order valence-electron chi connectivity index (χ4n) is 2.41. The Kier molecular flexibility index (Phi) is 4.32. The molecule has 0 atom stereocenters. The molecule has 1 amide bonds. The van der Waals surface area contributed by atoms with Crippen molar-refractivity contribution in [1.29, 1.82) is 0 Å². The first-order valence-electron chi connectivity index (χ1n) is 6.50. The summed E-state index contributed by atoms with van der Waals surface area (Å²) in [4.78, 5) is 16.5. The molecule has 0 spiro atoms. The van der Waals surface area contributed by atoms with Gasteiger partial charge in [-0.25, -0.2) is 0 Å². The number of carbonyl (C=O) groups excluding carboxylic acids is 1. The third-order valence-corrected chi connectivity index (χ3v) is 4.13. The highest BCUT2D eigenvalue weighted by Crippen LogP contribution is 2.22. The second kappa shape index (κ2) is 5.80. The van der Waals surface area contributed by atoms with Crippen molar-refractivity contribution in [3.8, 4) is 0 Å². The van der Waals surface area contributed by atoms with Crippen LogP contribution in [0, 0.1) is 0 Å².